The van der Waals surface area contributed by atoms with Gasteiger partial charge in [-0.1, -0.05) is 36.1 Å². The van der Waals surface area contributed by atoms with Gasteiger partial charge in [0.25, 0.3) is 5.69 Å². The van der Waals surface area contributed by atoms with Crippen LogP contribution in [0.4, 0.5) is 5.69 Å². The third kappa shape index (κ3) is 6.61. The summed E-state index contributed by atoms with van der Waals surface area (Å²) in [5.74, 6) is 1.80. The minimum absolute atomic E-state index is 0.0921. The third-order valence-corrected chi connectivity index (χ3v) is 6.85. The van der Waals surface area contributed by atoms with E-state index < -0.39 is 4.92 Å². The Balaban J connectivity index is 1.78. The molecule has 1 N–H and O–H groups in total. The van der Waals surface area contributed by atoms with E-state index in [9.17, 15) is 14.9 Å². The average Bonchev–Trinajstić information content (AvgIpc) is 2.72. The van der Waals surface area contributed by atoms with E-state index in [4.69, 9.17) is 12.2 Å². The highest BCUT2D eigenvalue weighted by molar-refractivity contribution is 8.22. The number of non-ortho nitro benzene ring substituents is 1. The van der Waals surface area contributed by atoms with E-state index in [2.05, 4.69) is 10.2 Å². The number of hydrogen-bond acceptors (Lipinski definition) is 7. The molecule has 1 atom stereocenters. The fourth-order valence-electron chi connectivity index (χ4n) is 2.91. The van der Waals surface area contributed by atoms with Crippen molar-refractivity contribution >= 4 is 51.7 Å². The van der Waals surface area contributed by atoms with Crippen LogP contribution in [0, 0.1) is 10.1 Å². The lowest BCUT2D eigenvalue weighted by molar-refractivity contribution is -0.384. The summed E-state index contributed by atoms with van der Waals surface area (Å²) in [6, 6.07) is 6.42. The number of likely N-dealkylation sites (N-methyl/N-ethyl adjacent to an activating group) is 1. The number of carbonyl (C=O) groups excluding carboxylic acids is 1. The van der Waals surface area contributed by atoms with Gasteiger partial charge < -0.3 is 15.1 Å². The van der Waals surface area contributed by atoms with Crippen LogP contribution >= 0.6 is 35.7 Å². The van der Waals surface area contributed by atoms with E-state index >= 15 is 0 Å². The quantitative estimate of drug-likeness (QED) is 0.374. The van der Waals surface area contributed by atoms with Crippen LogP contribution in [0.1, 0.15) is 12.0 Å². The Labute approximate surface area is 179 Å². The monoisotopic (exact) mass is 442 g/mol. The first-order valence-electron chi connectivity index (χ1n) is 9.06. The molecule has 0 aliphatic carbocycles. The first kappa shape index (κ1) is 22.9. The van der Waals surface area contributed by atoms with Gasteiger partial charge in [-0.25, -0.2) is 0 Å². The predicted octanol–water partition coefficient (Wildman–Crippen LogP) is 2.60. The number of piperazine rings is 1. The summed E-state index contributed by atoms with van der Waals surface area (Å²) < 4.78 is 0.804. The summed E-state index contributed by atoms with van der Waals surface area (Å²) in [6.45, 7) is 2.82. The zero-order valence-corrected chi connectivity index (χ0v) is 18.6. The van der Waals surface area contributed by atoms with Crippen molar-refractivity contribution in [3.8, 4) is 0 Å². The van der Waals surface area contributed by atoms with Gasteiger partial charge in [0.15, 0.2) is 0 Å². The number of nitrogens with zero attached hydrogens (tertiary/aromatic N) is 3. The summed E-state index contributed by atoms with van der Waals surface area (Å²) in [4.78, 5) is 27.0. The number of amides is 1. The molecule has 0 spiro atoms. The van der Waals surface area contributed by atoms with Crippen LogP contribution in [0.2, 0.25) is 0 Å². The molecule has 1 saturated heterocycles. The van der Waals surface area contributed by atoms with Gasteiger partial charge in [-0.15, -0.1) is 0 Å². The Hall–Kier alpha value is -1.36. The number of nitro benzene ring substituents is 1. The lowest BCUT2D eigenvalue weighted by Crippen LogP contribution is -2.54. The van der Waals surface area contributed by atoms with E-state index in [0.717, 1.165) is 35.1 Å². The molecule has 0 aromatic heterocycles. The number of hydrogen-bond donors (Lipinski definition) is 1. The Morgan fingerprint density at radius 3 is 2.39 bits per heavy atom. The molecule has 0 radical (unpaired) electrons. The molecule has 7 nitrogen and oxygen atoms in total. The van der Waals surface area contributed by atoms with Crippen LogP contribution in [0.15, 0.2) is 24.3 Å². The van der Waals surface area contributed by atoms with E-state index in [-0.39, 0.29) is 17.6 Å². The molecule has 0 saturated carbocycles. The summed E-state index contributed by atoms with van der Waals surface area (Å²) in [6.07, 6.45) is 2.88. The van der Waals surface area contributed by atoms with Gasteiger partial charge in [0.05, 0.1) is 11.0 Å². The SMILES string of the molecule is CNC(CCSC)C(=O)N1CCN(C(=S)SCc2ccc([N+](=O)[O-])cc2)CC1. The maximum atomic E-state index is 12.6. The molecule has 28 heavy (non-hydrogen) atoms. The van der Waals surface area contributed by atoms with Crippen LogP contribution in [0.25, 0.3) is 0 Å². The normalized spacial score (nSPS) is 15.4. The Morgan fingerprint density at radius 2 is 1.86 bits per heavy atom. The molecule has 1 aromatic carbocycles. The predicted molar refractivity (Wildman–Crippen MR) is 121 cm³/mol. The highest BCUT2D eigenvalue weighted by Crippen LogP contribution is 2.20. The maximum Gasteiger partial charge on any atom is 0.269 e. The minimum atomic E-state index is -0.401. The van der Waals surface area contributed by atoms with Gasteiger partial charge in [0.2, 0.25) is 5.91 Å². The average molecular weight is 443 g/mol. The second kappa shape index (κ2) is 11.6. The highest BCUT2D eigenvalue weighted by atomic mass is 32.2. The molecule has 2 rings (SSSR count). The second-order valence-electron chi connectivity index (χ2n) is 6.41. The number of thiocarbonyl (C=S) groups is 1. The molecule has 1 aromatic rings. The Bertz CT molecular complexity index is 679. The van der Waals surface area contributed by atoms with Gasteiger partial charge in [-0.3, -0.25) is 14.9 Å². The molecule has 1 heterocycles. The van der Waals surface area contributed by atoms with Gasteiger partial charge in [0.1, 0.15) is 4.32 Å². The van der Waals surface area contributed by atoms with Crippen LogP contribution in [0.3, 0.4) is 0 Å². The van der Waals surface area contributed by atoms with Gasteiger partial charge in [0, 0.05) is 44.1 Å². The summed E-state index contributed by atoms with van der Waals surface area (Å²) in [7, 11) is 1.84. The summed E-state index contributed by atoms with van der Waals surface area (Å²) in [5.41, 5.74) is 1.09. The van der Waals surface area contributed by atoms with Crippen molar-refractivity contribution in [1.29, 1.82) is 0 Å². The van der Waals surface area contributed by atoms with Crippen molar-refractivity contribution in [2.75, 3.05) is 45.2 Å². The zero-order valence-electron chi connectivity index (χ0n) is 16.1. The standard InChI is InChI=1S/C18H26N4O3S3/c1-19-16(7-12-27-2)17(23)20-8-10-21(11-9-20)18(26)28-13-14-3-5-15(6-4-14)22(24)25/h3-6,16,19H,7-13H2,1-2H3. The minimum Gasteiger partial charge on any atom is -0.354 e. The summed E-state index contributed by atoms with van der Waals surface area (Å²) >= 11 is 8.84. The lowest BCUT2D eigenvalue weighted by Gasteiger charge is -2.37. The molecule has 1 aliphatic heterocycles. The molecule has 1 fully saturated rings. The number of nitrogens with one attached hydrogen (secondary N) is 1. The first-order valence-corrected chi connectivity index (χ1v) is 11.8. The van der Waals surface area contributed by atoms with Crippen molar-refractivity contribution in [1.82, 2.24) is 15.1 Å². The lowest BCUT2D eigenvalue weighted by atomic mass is 10.2. The van der Waals surface area contributed by atoms with Crippen molar-refractivity contribution < 1.29 is 9.72 Å². The van der Waals surface area contributed by atoms with Gasteiger partial charge in [-0.2, -0.15) is 11.8 Å². The van der Waals surface area contributed by atoms with E-state index in [0.29, 0.717) is 18.8 Å². The van der Waals surface area contributed by atoms with Crippen LogP contribution < -0.4 is 5.32 Å². The molecule has 1 aliphatic rings. The topological polar surface area (TPSA) is 78.7 Å². The molecule has 10 heteroatoms. The largest absolute Gasteiger partial charge is 0.354 e. The molecule has 154 valence electrons. The van der Waals surface area contributed by atoms with Crippen molar-refractivity contribution in [2.45, 2.75) is 18.2 Å². The number of thioether (sulfide) groups is 2. The second-order valence-corrected chi connectivity index (χ2v) is 9.01. The fourth-order valence-corrected chi connectivity index (χ4v) is 4.59. The number of rotatable bonds is 8. The van der Waals surface area contributed by atoms with E-state index in [1.165, 1.54) is 12.1 Å². The number of nitro groups is 1. The molecule has 1 unspecified atom stereocenters. The van der Waals surface area contributed by atoms with E-state index in [1.54, 1.807) is 35.7 Å². The van der Waals surface area contributed by atoms with Gasteiger partial charge in [-0.05, 0) is 31.0 Å². The molecular weight excluding hydrogens is 416 g/mol. The Morgan fingerprint density at radius 1 is 1.25 bits per heavy atom. The number of benzene rings is 1. The molecular formula is C18H26N4O3S3. The highest BCUT2D eigenvalue weighted by Gasteiger charge is 2.27. The fraction of sp³-hybridized carbons (Fsp3) is 0.556. The van der Waals surface area contributed by atoms with Crippen molar-refractivity contribution in [3.05, 3.63) is 39.9 Å². The molecule has 0 bridgehead atoms. The zero-order chi connectivity index (χ0) is 20.5. The smallest absolute Gasteiger partial charge is 0.269 e. The first-order chi connectivity index (χ1) is 13.5. The third-order valence-electron chi connectivity index (χ3n) is 4.62. The van der Waals surface area contributed by atoms with Crippen LogP contribution in [0.5, 0.6) is 0 Å². The number of carbonyl (C=O) groups is 1. The molecule has 1 amide bonds. The maximum absolute atomic E-state index is 12.6. The van der Waals surface area contributed by atoms with Crippen molar-refractivity contribution in [3.63, 3.8) is 0 Å². The summed E-state index contributed by atoms with van der Waals surface area (Å²) in [5, 5.41) is 13.8. The van der Waals surface area contributed by atoms with Crippen LogP contribution in [-0.4, -0.2) is 76.2 Å². The van der Waals surface area contributed by atoms with Crippen LogP contribution in [-0.2, 0) is 10.5 Å². The van der Waals surface area contributed by atoms with E-state index in [1.807, 2.05) is 18.2 Å². The van der Waals surface area contributed by atoms with Gasteiger partial charge >= 0.3 is 0 Å². The van der Waals surface area contributed by atoms with Crippen molar-refractivity contribution in [2.24, 2.45) is 0 Å². The Kier molecular flexibility index (Phi) is 9.49.